The minimum atomic E-state index is 0.760. The molecule has 1 aromatic heterocycles. The molecule has 2 aromatic rings. The van der Waals surface area contributed by atoms with Gasteiger partial charge in [-0.25, -0.2) is 0 Å². The quantitative estimate of drug-likeness (QED) is 0.700. The summed E-state index contributed by atoms with van der Waals surface area (Å²) in [5.74, 6) is 0.847. The molecule has 1 aromatic carbocycles. The summed E-state index contributed by atoms with van der Waals surface area (Å²) < 4.78 is 10.7. The van der Waals surface area contributed by atoms with Crippen molar-refractivity contribution in [3.05, 3.63) is 46.7 Å². The highest BCUT2D eigenvalue weighted by molar-refractivity contribution is 7.80. The van der Waals surface area contributed by atoms with E-state index < -0.39 is 0 Å². The molecule has 26 heavy (non-hydrogen) atoms. The number of nitrogens with one attached hydrogen (secondary N) is 2. The molecule has 1 saturated heterocycles. The Bertz CT molecular complexity index is 671. The molecular formula is C19H26N3O2S2+. The molecule has 0 saturated carbocycles. The third-order valence-corrected chi connectivity index (χ3v) is 5.70. The molecule has 0 spiro atoms. The maximum absolute atomic E-state index is 5.71. The van der Waals surface area contributed by atoms with E-state index in [4.69, 9.17) is 21.7 Å². The first-order valence-electron chi connectivity index (χ1n) is 8.89. The van der Waals surface area contributed by atoms with Gasteiger partial charge in [-0.3, -0.25) is 0 Å². The monoisotopic (exact) mass is 392 g/mol. The number of rotatable bonds is 7. The lowest BCUT2D eigenvalue weighted by molar-refractivity contribution is -0.906. The van der Waals surface area contributed by atoms with Gasteiger partial charge in [-0.05, 0) is 47.9 Å². The fourth-order valence-corrected chi connectivity index (χ4v) is 3.92. The highest BCUT2D eigenvalue weighted by Gasteiger charge is 2.16. The Morgan fingerprint density at radius 3 is 2.69 bits per heavy atom. The largest absolute Gasteiger partial charge is 0.497 e. The number of hydrogen-bond donors (Lipinski definition) is 2. The van der Waals surface area contributed by atoms with Crippen molar-refractivity contribution < 1.29 is 14.4 Å². The van der Waals surface area contributed by atoms with Crippen LogP contribution in [0.4, 0.5) is 5.69 Å². The van der Waals surface area contributed by atoms with Gasteiger partial charge in [0.05, 0.1) is 40.0 Å². The van der Waals surface area contributed by atoms with E-state index in [0.29, 0.717) is 0 Å². The molecule has 0 atom stereocenters. The van der Waals surface area contributed by atoms with Crippen LogP contribution in [0.3, 0.4) is 0 Å². The van der Waals surface area contributed by atoms with Crippen molar-refractivity contribution in [1.82, 2.24) is 5.32 Å². The standard InChI is InChI=1S/C19H25N3O2S2/c1-23-17-6-4-16(5-7-17)22(15-18-3-2-14-26-18)19(25)20-8-9-21-10-12-24-13-11-21/h2-7,14H,8-13,15H2,1H3,(H,20,25)/p+1. The molecule has 3 rings (SSSR count). The Hall–Kier alpha value is -1.67. The van der Waals surface area contributed by atoms with Crippen LogP contribution in [0.25, 0.3) is 0 Å². The fraction of sp³-hybridized carbons (Fsp3) is 0.421. The highest BCUT2D eigenvalue weighted by Crippen LogP contribution is 2.22. The number of anilines is 1. The minimum absolute atomic E-state index is 0.760. The number of morpholine rings is 1. The third-order valence-electron chi connectivity index (χ3n) is 4.48. The molecule has 1 aliphatic heterocycles. The van der Waals surface area contributed by atoms with Gasteiger partial charge in [-0.1, -0.05) is 6.07 Å². The van der Waals surface area contributed by atoms with Gasteiger partial charge in [0, 0.05) is 10.6 Å². The summed E-state index contributed by atoms with van der Waals surface area (Å²) in [7, 11) is 1.68. The van der Waals surface area contributed by atoms with E-state index in [1.54, 1.807) is 23.3 Å². The summed E-state index contributed by atoms with van der Waals surface area (Å²) in [5.41, 5.74) is 1.07. The molecule has 0 bridgehead atoms. The van der Waals surface area contributed by atoms with E-state index in [0.717, 1.165) is 62.5 Å². The number of quaternary nitrogens is 1. The molecule has 140 valence electrons. The van der Waals surface area contributed by atoms with Crippen LogP contribution in [-0.4, -0.2) is 51.6 Å². The van der Waals surface area contributed by atoms with Crippen molar-refractivity contribution in [2.24, 2.45) is 0 Å². The first-order valence-corrected chi connectivity index (χ1v) is 10.2. The van der Waals surface area contributed by atoms with E-state index in [1.807, 2.05) is 24.3 Å². The zero-order chi connectivity index (χ0) is 18.2. The van der Waals surface area contributed by atoms with E-state index >= 15 is 0 Å². The van der Waals surface area contributed by atoms with Crippen LogP contribution < -0.4 is 19.9 Å². The van der Waals surface area contributed by atoms with Gasteiger partial charge in [0.25, 0.3) is 0 Å². The SMILES string of the molecule is COc1ccc(N(Cc2cccs2)C(=S)NCC[NH+]2CCOCC2)cc1. The molecule has 5 nitrogen and oxygen atoms in total. The second kappa shape index (κ2) is 9.87. The van der Waals surface area contributed by atoms with Gasteiger partial charge >= 0.3 is 0 Å². The van der Waals surface area contributed by atoms with Crippen LogP contribution in [-0.2, 0) is 11.3 Å². The molecule has 1 fully saturated rings. The molecule has 0 amide bonds. The Balaban J connectivity index is 1.62. The Morgan fingerprint density at radius 2 is 2.04 bits per heavy atom. The normalized spacial score (nSPS) is 14.8. The highest BCUT2D eigenvalue weighted by atomic mass is 32.1. The smallest absolute Gasteiger partial charge is 0.174 e. The van der Waals surface area contributed by atoms with Gasteiger partial charge in [0.15, 0.2) is 5.11 Å². The average molecular weight is 393 g/mol. The van der Waals surface area contributed by atoms with Crippen molar-refractivity contribution in [1.29, 1.82) is 0 Å². The number of thiocarbonyl (C=S) groups is 1. The zero-order valence-corrected chi connectivity index (χ0v) is 16.7. The predicted octanol–water partition coefficient (Wildman–Crippen LogP) is 1.55. The average Bonchev–Trinajstić information content (AvgIpc) is 3.20. The lowest BCUT2D eigenvalue weighted by atomic mass is 10.2. The lowest BCUT2D eigenvalue weighted by Gasteiger charge is -2.27. The second-order valence-corrected chi connectivity index (χ2v) is 7.63. The van der Waals surface area contributed by atoms with Crippen LogP contribution in [0.2, 0.25) is 0 Å². The van der Waals surface area contributed by atoms with Gasteiger partial charge in [-0.15, -0.1) is 11.3 Å². The number of nitrogens with zero attached hydrogens (tertiary/aromatic N) is 1. The summed E-state index contributed by atoms with van der Waals surface area (Å²) >= 11 is 7.46. The van der Waals surface area contributed by atoms with E-state index in [9.17, 15) is 0 Å². The van der Waals surface area contributed by atoms with E-state index in [2.05, 4.69) is 27.7 Å². The molecular weight excluding hydrogens is 366 g/mol. The van der Waals surface area contributed by atoms with Crippen molar-refractivity contribution in [3.63, 3.8) is 0 Å². The molecule has 0 radical (unpaired) electrons. The van der Waals surface area contributed by atoms with Crippen LogP contribution in [0.1, 0.15) is 4.88 Å². The first-order chi connectivity index (χ1) is 12.8. The van der Waals surface area contributed by atoms with Crippen LogP contribution in [0.15, 0.2) is 41.8 Å². The number of hydrogen-bond acceptors (Lipinski definition) is 4. The summed E-state index contributed by atoms with van der Waals surface area (Å²) in [5, 5.41) is 6.30. The Kier molecular flexibility index (Phi) is 7.25. The van der Waals surface area contributed by atoms with Gasteiger partial charge in [-0.2, -0.15) is 0 Å². The maximum atomic E-state index is 5.71. The minimum Gasteiger partial charge on any atom is -0.497 e. The van der Waals surface area contributed by atoms with Crippen molar-refractivity contribution in [2.45, 2.75) is 6.54 Å². The summed E-state index contributed by atoms with van der Waals surface area (Å²) in [6.45, 7) is 6.55. The molecule has 7 heteroatoms. The topological polar surface area (TPSA) is 38.2 Å². The second-order valence-electron chi connectivity index (χ2n) is 6.21. The predicted molar refractivity (Wildman–Crippen MR) is 110 cm³/mol. The van der Waals surface area contributed by atoms with E-state index in [1.165, 1.54) is 4.88 Å². The molecule has 2 heterocycles. The van der Waals surface area contributed by atoms with Crippen molar-refractivity contribution in [2.75, 3.05) is 51.4 Å². The number of benzene rings is 1. The van der Waals surface area contributed by atoms with Gasteiger partial charge in [0.2, 0.25) is 0 Å². The van der Waals surface area contributed by atoms with Gasteiger partial charge < -0.3 is 24.6 Å². The number of ether oxygens (including phenoxy) is 2. The van der Waals surface area contributed by atoms with Crippen LogP contribution in [0, 0.1) is 0 Å². The summed E-state index contributed by atoms with van der Waals surface area (Å²) in [4.78, 5) is 5.00. The lowest BCUT2D eigenvalue weighted by Crippen LogP contribution is -3.14. The molecule has 1 aliphatic rings. The zero-order valence-electron chi connectivity index (χ0n) is 15.1. The van der Waals surface area contributed by atoms with Crippen LogP contribution >= 0.6 is 23.6 Å². The molecule has 2 N–H and O–H groups in total. The van der Waals surface area contributed by atoms with Crippen molar-refractivity contribution >= 4 is 34.4 Å². The van der Waals surface area contributed by atoms with Gasteiger partial charge in [0.1, 0.15) is 18.8 Å². The van der Waals surface area contributed by atoms with E-state index in [-0.39, 0.29) is 0 Å². The Morgan fingerprint density at radius 1 is 1.27 bits per heavy atom. The molecule has 0 unspecified atom stereocenters. The maximum Gasteiger partial charge on any atom is 0.174 e. The Labute approximate surface area is 164 Å². The molecule has 0 aliphatic carbocycles. The van der Waals surface area contributed by atoms with Crippen LogP contribution in [0.5, 0.6) is 5.75 Å². The fourth-order valence-electron chi connectivity index (χ4n) is 2.95. The number of methoxy groups -OCH3 is 1. The number of thiophene rings is 1. The summed E-state index contributed by atoms with van der Waals surface area (Å²) in [6, 6.07) is 12.3. The summed E-state index contributed by atoms with van der Waals surface area (Å²) in [6.07, 6.45) is 0. The third kappa shape index (κ3) is 5.41. The van der Waals surface area contributed by atoms with Crippen molar-refractivity contribution in [3.8, 4) is 5.75 Å². The first kappa shape index (κ1) is 19.1.